The van der Waals surface area contributed by atoms with Gasteiger partial charge in [-0.25, -0.2) is 9.67 Å². The van der Waals surface area contributed by atoms with Crippen LogP contribution in [0.25, 0.3) is 10.2 Å². The summed E-state index contributed by atoms with van der Waals surface area (Å²) >= 11 is 1.65. The molecule has 0 fully saturated rings. The lowest BCUT2D eigenvalue weighted by Crippen LogP contribution is -1.99. The van der Waals surface area contributed by atoms with E-state index in [1.54, 1.807) is 29.1 Å². The van der Waals surface area contributed by atoms with Crippen molar-refractivity contribution in [2.24, 2.45) is 0 Å². The summed E-state index contributed by atoms with van der Waals surface area (Å²) in [5.41, 5.74) is 1.59. The van der Waals surface area contributed by atoms with E-state index in [-0.39, 0.29) is 0 Å². The van der Waals surface area contributed by atoms with Gasteiger partial charge in [0.25, 0.3) is 0 Å². The molecule has 3 aromatic rings. The number of aliphatic hydroxyl groups excluding tert-OH is 1. The third kappa shape index (κ3) is 2.12. The van der Waals surface area contributed by atoms with Crippen molar-refractivity contribution in [1.29, 1.82) is 0 Å². The van der Waals surface area contributed by atoms with Gasteiger partial charge in [0.1, 0.15) is 10.7 Å². The molecule has 1 aromatic carbocycles. The maximum absolute atomic E-state index is 9.39. The van der Waals surface area contributed by atoms with E-state index in [2.05, 4.69) is 21.4 Å². The van der Waals surface area contributed by atoms with Gasteiger partial charge in [0.2, 0.25) is 0 Å². The van der Waals surface area contributed by atoms with E-state index in [1.807, 2.05) is 18.2 Å². The monoisotopic (exact) mass is 260 g/mol. The molecule has 6 heteroatoms. The molecule has 0 bridgehead atoms. The maximum atomic E-state index is 9.39. The molecule has 1 unspecified atom stereocenters. The smallest absolute Gasteiger partial charge is 0.115 e. The number of thiazole rings is 1. The van der Waals surface area contributed by atoms with Gasteiger partial charge in [-0.1, -0.05) is 17.3 Å². The number of hydrogen-bond donors (Lipinski definition) is 1. The molecule has 1 N–H and O–H groups in total. The quantitative estimate of drug-likeness (QED) is 0.782. The highest BCUT2D eigenvalue weighted by Gasteiger charge is 2.08. The van der Waals surface area contributed by atoms with Crippen LogP contribution in [-0.2, 0) is 6.54 Å². The van der Waals surface area contributed by atoms with E-state index in [9.17, 15) is 5.11 Å². The summed E-state index contributed by atoms with van der Waals surface area (Å²) in [6.07, 6.45) is 1.16. The van der Waals surface area contributed by atoms with Crippen LogP contribution in [0.15, 0.2) is 30.5 Å². The molecule has 1 atom stereocenters. The van der Waals surface area contributed by atoms with Crippen molar-refractivity contribution in [3.63, 3.8) is 0 Å². The largest absolute Gasteiger partial charge is 0.387 e. The second-order valence-electron chi connectivity index (χ2n) is 4.09. The Morgan fingerprint density at radius 1 is 1.39 bits per heavy atom. The number of nitrogens with zero attached hydrogens (tertiary/aromatic N) is 4. The lowest BCUT2D eigenvalue weighted by atomic mass is 10.3. The van der Waals surface area contributed by atoms with Crippen molar-refractivity contribution in [1.82, 2.24) is 20.0 Å². The zero-order chi connectivity index (χ0) is 12.5. The highest BCUT2D eigenvalue weighted by atomic mass is 32.1. The van der Waals surface area contributed by atoms with Gasteiger partial charge in [0, 0.05) is 0 Å². The minimum absolute atomic E-state index is 0.580. The first kappa shape index (κ1) is 11.3. The highest BCUT2D eigenvalue weighted by Crippen LogP contribution is 2.22. The Balaban J connectivity index is 1.86. The normalized spacial score (nSPS) is 13.0. The molecule has 92 valence electrons. The molecule has 2 heterocycles. The van der Waals surface area contributed by atoms with E-state index in [4.69, 9.17) is 0 Å². The van der Waals surface area contributed by atoms with Gasteiger partial charge in [-0.05, 0) is 19.1 Å². The van der Waals surface area contributed by atoms with Gasteiger partial charge in [-0.15, -0.1) is 16.4 Å². The summed E-state index contributed by atoms with van der Waals surface area (Å²) in [6, 6.07) is 8.04. The van der Waals surface area contributed by atoms with E-state index >= 15 is 0 Å². The van der Waals surface area contributed by atoms with Crippen LogP contribution in [0.5, 0.6) is 0 Å². The van der Waals surface area contributed by atoms with Gasteiger partial charge in [0.05, 0.1) is 29.1 Å². The second-order valence-corrected chi connectivity index (χ2v) is 5.21. The Labute approximate surface area is 108 Å². The summed E-state index contributed by atoms with van der Waals surface area (Å²) in [6.45, 7) is 2.26. The second kappa shape index (κ2) is 4.47. The van der Waals surface area contributed by atoms with Crippen LogP contribution in [0, 0.1) is 0 Å². The number of aliphatic hydroxyl groups is 1. The predicted molar refractivity (Wildman–Crippen MR) is 69.4 cm³/mol. The SMILES string of the molecule is CC(O)c1cn(Cc2nc3ccccc3s2)nn1. The molecule has 5 nitrogen and oxygen atoms in total. The fraction of sp³-hybridized carbons (Fsp3) is 0.250. The molecule has 0 aliphatic heterocycles. The first-order valence-electron chi connectivity index (χ1n) is 5.65. The van der Waals surface area contributed by atoms with Crippen LogP contribution in [0.1, 0.15) is 23.7 Å². The lowest BCUT2D eigenvalue weighted by Gasteiger charge is -1.96. The molecule has 2 aromatic heterocycles. The minimum Gasteiger partial charge on any atom is -0.387 e. The third-order valence-corrected chi connectivity index (χ3v) is 3.64. The Morgan fingerprint density at radius 3 is 2.94 bits per heavy atom. The average Bonchev–Trinajstić information content (AvgIpc) is 2.94. The van der Waals surface area contributed by atoms with Crippen molar-refractivity contribution in [2.45, 2.75) is 19.6 Å². The Morgan fingerprint density at radius 2 is 2.22 bits per heavy atom. The lowest BCUT2D eigenvalue weighted by molar-refractivity contribution is 0.194. The Bertz CT molecular complexity index is 640. The molecular formula is C12H12N4OS. The fourth-order valence-electron chi connectivity index (χ4n) is 1.71. The number of para-hydroxylation sites is 1. The molecule has 0 saturated heterocycles. The molecule has 0 radical (unpaired) electrons. The van der Waals surface area contributed by atoms with Gasteiger partial charge < -0.3 is 5.11 Å². The number of benzene rings is 1. The molecule has 0 aliphatic carbocycles. The summed E-state index contributed by atoms with van der Waals surface area (Å²) in [5, 5.41) is 18.3. The van der Waals surface area contributed by atoms with Crippen LogP contribution >= 0.6 is 11.3 Å². The Kier molecular flexibility index (Phi) is 2.81. The zero-order valence-corrected chi connectivity index (χ0v) is 10.6. The van der Waals surface area contributed by atoms with Gasteiger partial charge in [0.15, 0.2) is 0 Å². The van der Waals surface area contributed by atoms with Crippen molar-refractivity contribution < 1.29 is 5.11 Å². The average molecular weight is 260 g/mol. The van der Waals surface area contributed by atoms with Crippen LogP contribution in [0.2, 0.25) is 0 Å². The Hall–Kier alpha value is -1.79. The fourth-order valence-corrected chi connectivity index (χ4v) is 2.67. The topological polar surface area (TPSA) is 63.8 Å². The molecular weight excluding hydrogens is 248 g/mol. The van der Waals surface area contributed by atoms with Crippen molar-refractivity contribution in [3.05, 3.63) is 41.2 Å². The molecule has 0 amide bonds. The number of hydrogen-bond acceptors (Lipinski definition) is 5. The first-order valence-corrected chi connectivity index (χ1v) is 6.46. The van der Waals surface area contributed by atoms with Crippen LogP contribution < -0.4 is 0 Å². The predicted octanol–water partition coefficient (Wildman–Crippen LogP) is 1.99. The highest BCUT2D eigenvalue weighted by molar-refractivity contribution is 7.18. The van der Waals surface area contributed by atoms with Crippen molar-refractivity contribution >= 4 is 21.6 Å². The molecule has 18 heavy (non-hydrogen) atoms. The molecule has 3 rings (SSSR count). The number of aromatic nitrogens is 4. The van der Waals surface area contributed by atoms with E-state index in [1.165, 1.54) is 4.70 Å². The van der Waals surface area contributed by atoms with Crippen molar-refractivity contribution in [3.8, 4) is 0 Å². The van der Waals surface area contributed by atoms with Crippen LogP contribution in [0.3, 0.4) is 0 Å². The zero-order valence-electron chi connectivity index (χ0n) is 9.82. The summed E-state index contributed by atoms with van der Waals surface area (Å²) in [7, 11) is 0. The van der Waals surface area contributed by atoms with E-state index < -0.39 is 6.10 Å². The van der Waals surface area contributed by atoms with E-state index in [0.29, 0.717) is 12.2 Å². The third-order valence-electron chi connectivity index (χ3n) is 2.62. The van der Waals surface area contributed by atoms with Crippen molar-refractivity contribution in [2.75, 3.05) is 0 Å². The molecule has 0 aliphatic rings. The summed E-state index contributed by atoms with van der Waals surface area (Å²) in [4.78, 5) is 4.53. The first-order chi connectivity index (χ1) is 8.72. The maximum Gasteiger partial charge on any atom is 0.115 e. The summed E-state index contributed by atoms with van der Waals surface area (Å²) in [5.74, 6) is 0. The number of rotatable bonds is 3. The van der Waals surface area contributed by atoms with Gasteiger partial charge in [-0.3, -0.25) is 0 Å². The minimum atomic E-state index is -0.589. The standard InChI is InChI=1S/C12H12N4OS/c1-8(17)10-6-16(15-14-10)7-12-13-9-4-2-3-5-11(9)18-12/h2-6,8,17H,7H2,1H3. The summed E-state index contributed by atoms with van der Waals surface area (Å²) < 4.78 is 2.86. The molecule has 0 saturated carbocycles. The van der Waals surface area contributed by atoms with Crippen LogP contribution in [-0.4, -0.2) is 25.1 Å². The van der Waals surface area contributed by atoms with E-state index in [0.717, 1.165) is 10.5 Å². The van der Waals surface area contributed by atoms with Gasteiger partial charge in [-0.2, -0.15) is 0 Å². The number of fused-ring (bicyclic) bond motifs is 1. The van der Waals surface area contributed by atoms with Crippen LogP contribution in [0.4, 0.5) is 0 Å². The van der Waals surface area contributed by atoms with Gasteiger partial charge >= 0.3 is 0 Å². The molecule has 0 spiro atoms.